The average molecular weight is 340 g/mol. The first-order valence-corrected chi connectivity index (χ1v) is 8.05. The third kappa shape index (κ3) is 3.88. The lowest BCUT2D eigenvalue weighted by atomic mass is 10.2. The molecule has 1 amide bonds. The lowest BCUT2D eigenvalue weighted by Gasteiger charge is -2.07. The van der Waals surface area contributed by atoms with Crippen LogP contribution in [0, 0.1) is 13.8 Å². The van der Waals surface area contributed by atoms with E-state index in [1.165, 1.54) is 0 Å². The number of aryl methyl sites for hydroxylation is 3. The second-order valence-electron chi connectivity index (χ2n) is 5.65. The second-order valence-corrected chi connectivity index (χ2v) is 5.65. The predicted molar refractivity (Wildman–Crippen MR) is 92.6 cm³/mol. The molecule has 0 saturated heterocycles. The van der Waals surface area contributed by atoms with Gasteiger partial charge >= 0.3 is 0 Å². The van der Waals surface area contributed by atoms with Gasteiger partial charge in [-0.15, -0.1) is 0 Å². The van der Waals surface area contributed by atoms with E-state index in [1.54, 1.807) is 41.3 Å². The number of nitrogens with zero attached hydrogens (tertiary/aromatic N) is 3. The summed E-state index contributed by atoms with van der Waals surface area (Å²) in [6.07, 6.45) is 3.42. The number of carbonyl (C=O) groups is 1. The van der Waals surface area contributed by atoms with Crippen molar-refractivity contribution >= 4 is 11.6 Å². The van der Waals surface area contributed by atoms with Crippen molar-refractivity contribution in [3.63, 3.8) is 0 Å². The van der Waals surface area contributed by atoms with Crippen LogP contribution in [0.15, 0.2) is 41.2 Å². The number of hydrogen-bond acceptors (Lipinski definition) is 5. The van der Waals surface area contributed by atoms with Crippen molar-refractivity contribution in [3.8, 4) is 5.75 Å². The Balaban J connectivity index is 1.60. The van der Waals surface area contributed by atoms with Crippen molar-refractivity contribution in [1.82, 2.24) is 14.9 Å². The lowest BCUT2D eigenvalue weighted by molar-refractivity contribution is 0.102. The van der Waals surface area contributed by atoms with Gasteiger partial charge in [-0.25, -0.2) is 0 Å². The maximum absolute atomic E-state index is 12.2. The van der Waals surface area contributed by atoms with Crippen molar-refractivity contribution in [2.45, 2.75) is 33.9 Å². The highest BCUT2D eigenvalue weighted by Crippen LogP contribution is 2.18. The van der Waals surface area contributed by atoms with Gasteiger partial charge in [0.05, 0.1) is 23.1 Å². The maximum atomic E-state index is 12.2. The number of rotatable bonds is 6. The van der Waals surface area contributed by atoms with E-state index in [0.29, 0.717) is 23.6 Å². The van der Waals surface area contributed by atoms with Gasteiger partial charge in [0.25, 0.3) is 5.91 Å². The summed E-state index contributed by atoms with van der Waals surface area (Å²) in [5.41, 5.74) is 2.98. The van der Waals surface area contributed by atoms with Crippen LogP contribution in [0.25, 0.3) is 0 Å². The molecule has 1 N–H and O–H groups in total. The van der Waals surface area contributed by atoms with Gasteiger partial charge in [0.2, 0.25) is 0 Å². The van der Waals surface area contributed by atoms with E-state index in [0.717, 1.165) is 23.6 Å². The molecule has 0 aliphatic heterocycles. The van der Waals surface area contributed by atoms with Crippen molar-refractivity contribution < 1.29 is 14.1 Å². The molecular formula is C18H20N4O3. The Morgan fingerprint density at radius 1 is 1.28 bits per heavy atom. The molecule has 0 radical (unpaired) electrons. The van der Waals surface area contributed by atoms with Gasteiger partial charge in [-0.05, 0) is 45.0 Å². The highest BCUT2D eigenvalue weighted by molar-refractivity contribution is 6.04. The van der Waals surface area contributed by atoms with E-state index in [2.05, 4.69) is 15.6 Å². The Morgan fingerprint density at radius 3 is 2.64 bits per heavy atom. The first kappa shape index (κ1) is 16.8. The molecule has 3 aromatic rings. The minimum Gasteiger partial charge on any atom is -0.489 e. The highest BCUT2D eigenvalue weighted by atomic mass is 16.5. The highest BCUT2D eigenvalue weighted by Gasteiger charge is 2.11. The smallest absolute Gasteiger partial charge is 0.255 e. The minimum absolute atomic E-state index is 0.187. The third-order valence-electron chi connectivity index (χ3n) is 3.90. The molecule has 130 valence electrons. The van der Waals surface area contributed by atoms with Crippen molar-refractivity contribution in [2.24, 2.45) is 0 Å². The third-order valence-corrected chi connectivity index (χ3v) is 3.90. The molecule has 25 heavy (non-hydrogen) atoms. The zero-order valence-electron chi connectivity index (χ0n) is 14.4. The summed E-state index contributed by atoms with van der Waals surface area (Å²) in [7, 11) is 0. The van der Waals surface area contributed by atoms with E-state index < -0.39 is 0 Å². The average Bonchev–Trinajstić information content (AvgIpc) is 3.20. The fourth-order valence-corrected chi connectivity index (χ4v) is 2.37. The second kappa shape index (κ2) is 7.21. The summed E-state index contributed by atoms with van der Waals surface area (Å²) in [6, 6.07) is 6.98. The number of nitrogens with one attached hydrogen (secondary N) is 1. The predicted octanol–water partition coefficient (Wildman–Crippen LogP) is 3.34. The fourth-order valence-electron chi connectivity index (χ4n) is 2.37. The Hall–Kier alpha value is -3.09. The van der Waals surface area contributed by atoms with E-state index in [4.69, 9.17) is 9.26 Å². The summed E-state index contributed by atoms with van der Waals surface area (Å²) in [5.74, 6) is 1.24. The number of aromatic nitrogens is 3. The largest absolute Gasteiger partial charge is 0.489 e. The first-order valence-electron chi connectivity index (χ1n) is 8.05. The molecule has 0 aliphatic carbocycles. The van der Waals surface area contributed by atoms with Crippen LogP contribution in [0.2, 0.25) is 0 Å². The number of amides is 1. The molecule has 7 heteroatoms. The zero-order valence-corrected chi connectivity index (χ0v) is 14.4. The van der Waals surface area contributed by atoms with Crippen LogP contribution in [-0.4, -0.2) is 20.8 Å². The van der Waals surface area contributed by atoms with E-state index in [1.807, 2.05) is 20.8 Å². The number of hydrogen-bond donors (Lipinski definition) is 1. The van der Waals surface area contributed by atoms with Crippen LogP contribution < -0.4 is 10.1 Å². The topological polar surface area (TPSA) is 82.2 Å². The fraction of sp³-hybridized carbons (Fsp3) is 0.278. The summed E-state index contributed by atoms with van der Waals surface area (Å²) >= 11 is 0. The quantitative estimate of drug-likeness (QED) is 0.744. The summed E-state index contributed by atoms with van der Waals surface area (Å²) in [6.45, 7) is 6.85. The standard InChI is InChI=1S/C18H20N4O3/c1-4-22-10-15(9-19-22)20-18(23)14-5-7-16(8-6-14)24-11-17-12(2)21-25-13(17)3/h5-10H,4,11H2,1-3H3,(H,20,23). The van der Waals surface area contributed by atoms with Gasteiger partial charge in [-0.3, -0.25) is 9.48 Å². The van der Waals surface area contributed by atoms with Gasteiger partial charge in [0, 0.05) is 18.3 Å². The molecule has 2 aromatic heterocycles. The zero-order chi connectivity index (χ0) is 17.8. The summed E-state index contributed by atoms with van der Waals surface area (Å²) in [5, 5.41) is 10.8. The molecule has 0 aliphatic rings. The molecular weight excluding hydrogens is 320 g/mol. The molecule has 0 spiro atoms. The van der Waals surface area contributed by atoms with Crippen LogP contribution in [0.5, 0.6) is 5.75 Å². The van der Waals surface area contributed by atoms with Crippen LogP contribution >= 0.6 is 0 Å². The number of anilines is 1. The molecule has 3 rings (SSSR count). The SMILES string of the molecule is CCn1cc(NC(=O)c2ccc(OCc3c(C)noc3C)cc2)cn1. The van der Waals surface area contributed by atoms with Gasteiger partial charge in [-0.2, -0.15) is 5.10 Å². The Labute approximate surface area is 145 Å². The van der Waals surface area contributed by atoms with E-state index in [-0.39, 0.29) is 5.91 Å². The molecule has 1 aromatic carbocycles. The number of benzene rings is 1. The molecule has 0 fully saturated rings. The van der Waals surface area contributed by atoms with Crippen molar-refractivity contribution in [3.05, 3.63) is 59.2 Å². The van der Waals surface area contributed by atoms with Crippen molar-refractivity contribution in [1.29, 1.82) is 0 Å². The minimum atomic E-state index is -0.187. The van der Waals surface area contributed by atoms with E-state index >= 15 is 0 Å². The Bertz CT molecular complexity index is 845. The van der Waals surface area contributed by atoms with Gasteiger partial charge in [-0.1, -0.05) is 5.16 Å². The van der Waals surface area contributed by atoms with Crippen molar-refractivity contribution in [2.75, 3.05) is 5.32 Å². The van der Waals surface area contributed by atoms with Gasteiger partial charge < -0.3 is 14.6 Å². The molecule has 0 unspecified atom stereocenters. The molecule has 0 saturated carbocycles. The normalized spacial score (nSPS) is 10.7. The molecule has 2 heterocycles. The number of ether oxygens (including phenoxy) is 1. The Morgan fingerprint density at radius 2 is 2.04 bits per heavy atom. The lowest BCUT2D eigenvalue weighted by Crippen LogP contribution is -2.11. The van der Waals surface area contributed by atoms with E-state index in [9.17, 15) is 4.79 Å². The van der Waals surface area contributed by atoms with Gasteiger partial charge in [0.1, 0.15) is 18.1 Å². The summed E-state index contributed by atoms with van der Waals surface area (Å²) in [4.78, 5) is 12.2. The molecule has 0 atom stereocenters. The van der Waals surface area contributed by atoms with Crippen LogP contribution in [0.1, 0.15) is 34.3 Å². The first-order chi connectivity index (χ1) is 12.1. The van der Waals surface area contributed by atoms with Gasteiger partial charge in [0.15, 0.2) is 0 Å². The van der Waals surface area contributed by atoms with Crippen LogP contribution in [0.3, 0.4) is 0 Å². The van der Waals surface area contributed by atoms with Crippen LogP contribution in [0.4, 0.5) is 5.69 Å². The number of carbonyl (C=O) groups excluding carboxylic acids is 1. The monoisotopic (exact) mass is 340 g/mol. The molecule has 7 nitrogen and oxygen atoms in total. The summed E-state index contributed by atoms with van der Waals surface area (Å²) < 4.78 is 12.6. The molecule has 0 bridgehead atoms. The Kier molecular flexibility index (Phi) is 4.83. The van der Waals surface area contributed by atoms with Crippen LogP contribution in [-0.2, 0) is 13.2 Å². The maximum Gasteiger partial charge on any atom is 0.255 e.